The van der Waals surface area contributed by atoms with Gasteiger partial charge >= 0.3 is 0 Å². The van der Waals surface area contributed by atoms with Gasteiger partial charge < -0.3 is 27.6 Å². The molecule has 23 rings (SSSR count). The Hall–Kier alpha value is -14.4. The Morgan fingerprint density at radius 3 is 1.16 bits per heavy atom. The van der Waals surface area contributed by atoms with E-state index in [4.69, 9.17) is 16.0 Å². The van der Waals surface area contributed by atoms with E-state index in [1.54, 1.807) is 4.57 Å². The van der Waals surface area contributed by atoms with E-state index in [9.17, 15) is 8.22 Å². The molecule has 7 heteroatoms. The van der Waals surface area contributed by atoms with Gasteiger partial charge in [-0.1, -0.05) is 279 Å². The molecule has 0 fully saturated rings. The second kappa shape index (κ2) is 24.1. The van der Waals surface area contributed by atoms with Crippen molar-refractivity contribution in [1.82, 2.24) is 4.57 Å². The van der Waals surface area contributed by atoms with Crippen molar-refractivity contribution in [2.24, 2.45) is 0 Å². The SMILES string of the molecule is [2H]c1c([2H])c([2H])c2c(c1[2H])c1c([2H])c([2H])c([2H])c([2H])c1n2-c1ccc2c(c1)N(c1c(-c3ccccc3)cccc1-c1ccccc1)c1cc(-c3cc(-c4ccc5oc6ccccc6c5c4)c4oc5ccccc5c4c3)cc3c1B2c1ccc(-c2ccc4oc5ccccc5c4c2)cc1N3c1c(-c2ccccc2)cccc1-c1ccccc1. The van der Waals surface area contributed by atoms with Crippen LogP contribution in [0.25, 0.3) is 171 Å². The highest BCUT2D eigenvalue weighted by molar-refractivity contribution is 7.00. The second-order valence-corrected chi connectivity index (χ2v) is 28.3. The van der Waals surface area contributed by atoms with Crippen LogP contribution in [0, 0.1) is 0 Å². The molecule has 0 atom stereocenters. The third kappa shape index (κ3) is 9.43. The molecule has 6 heterocycles. The maximum atomic E-state index is 9.92. The lowest BCUT2D eigenvalue weighted by Crippen LogP contribution is -2.61. The van der Waals surface area contributed by atoms with Gasteiger partial charge in [0, 0.05) is 99.3 Å². The quantitative estimate of drug-likeness (QED) is 0.128. The molecule has 506 valence electrons. The summed E-state index contributed by atoms with van der Waals surface area (Å²) in [5, 5.41) is 5.83. The summed E-state index contributed by atoms with van der Waals surface area (Å²) < 4.78 is 97.9. The summed E-state index contributed by atoms with van der Waals surface area (Å²) in [5.74, 6) is 0. The summed E-state index contributed by atoms with van der Waals surface area (Å²) in [5.41, 5.74) is 26.3. The number of aromatic nitrogens is 1. The Morgan fingerprint density at radius 2 is 0.633 bits per heavy atom. The maximum Gasteiger partial charge on any atom is 0.252 e. The molecule has 0 aliphatic carbocycles. The van der Waals surface area contributed by atoms with E-state index in [0.717, 1.165) is 189 Å². The highest BCUT2D eigenvalue weighted by atomic mass is 16.3. The minimum Gasteiger partial charge on any atom is -0.456 e. The molecule has 0 amide bonds. The van der Waals surface area contributed by atoms with Crippen LogP contribution < -0.4 is 26.2 Å². The van der Waals surface area contributed by atoms with E-state index in [-0.39, 0.29) is 21.8 Å². The van der Waals surface area contributed by atoms with Crippen LogP contribution in [0.1, 0.15) is 11.0 Å². The molecule has 0 N–H and O–H groups in total. The van der Waals surface area contributed by atoms with E-state index in [1.165, 1.54) is 0 Å². The largest absolute Gasteiger partial charge is 0.456 e. The molecular formula is C102H62BN3O3. The molecule has 6 nitrogen and oxygen atoms in total. The number of nitrogens with zero attached hydrogens (tertiary/aromatic N) is 3. The molecule has 0 saturated carbocycles. The van der Waals surface area contributed by atoms with Crippen molar-refractivity contribution >= 4 is 145 Å². The molecule has 2 aliphatic heterocycles. The maximum absolute atomic E-state index is 9.92. The van der Waals surface area contributed by atoms with Gasteiger partial charge in [0.1, 0.15) is 33.5 Å². The molecule has 0 unspecified atom stereocenters. The van der Waals surface area contributed by atoms with E-state index >= 15 is 0 Å². The average Bonchev–Trinajstić information content (AvgIpc) is 1.37. The van der Waals surface area contributed by atoms with Crippen molar-refractivity contribution in [1.29, 1.82) is 0 Å². The molecule has 0 bridgehead atoms. The predicted molar refractivity (Wildman–Crippen MR) is 455 cm³/mol. The van der Waals surface area contributed by atoms with Crippen LogP contribution >= 0.6 is 0 Å². The molecule has 0 saturated heterocycles. The number of anilines is 6. The summed E-state index contributed by atoms with van der Waals surface area (Å²) in [6, 6.07) is 112. The third-order valence-electron chi connectivity index (χ3n) is 22.4. The molecule has 2 aliphatic rings. The van der Waals surface area contributed by atoms with Crippen LogP contribution in [0.3, 0.4) is 0 Å². The molecule has 0 spiro atoms. The first kappa shape index (κ1) is 53.4. The van der Waals surface area contributed by atoms with Crippen molar-refractivity contribution in [2.75, 3.05) is 9.80 Å². The zero-order valence-electron chi connectivity index (χ0n) is 66.3. The lowest BCUT2D eigenvalue weighted by atomic mass is 9.33. The van der Waals surface area contributed by atoms with E-state index in [2.05, 4.69) is 271 Å². The molecule has 21 aromatic rings. The van der Waals surface area contributed by atoms with Gasteiger partial charge in [-0.3, -0.25) is 0 Å². The number of rotatable bonds is 10. The molecular weight excluding hydrogens is 1330 g/mol. The summed E-state index contributed by atoms with van der Waals surface area (Å²) in [6.07, 6.45) is 0. The number of benzene rings is 17. The highest BCUT2D eigenvalue weighted by Crippen LogP contribution is 2.55. The van der Waals surface area contributed by atoms with Crippen molar-refractivity contribution in [3.05, 3.63) is 376 Å². The fourth-order valence-electron chi connectivity index (χ4n) is 17.6. The topological polar surface area (TPSA) is 50.8 Å². The minimum atomic E-state index is -0.571. The number of hydrogen-bond donors (Lipinski definition) is 0. The predicted octanol–water partition coefficient (Wildman–Crippen LogP) is 26.2. The van der Waals surface area contributed by atoms with Crippen LogP contribution in [-0.2, 0) is 0 Å². The minimum absolute atomic E-state index is 0.0133. The number of furan rings is 3. The van der Waals surface area contributed by atoms with Crippen LogP contribution in [0.15, 0.2) is 389 Å². The van der Waals surface area contributed by atoms with Gasteiger partial charge in [-0.05, 0) is 163 Å². The Kier molecular flexibility index (Phi) is 11.8. The summed E-state index contributed by atoms with van der Waals surface area (Å²) in [7, 11) is 0. The van der Waals surface area contributed by atoms with Crippen LogP contribution in [0.4, 0.5) is 34.1 Å². The van der Waals surface area contributed by atoms with Gasteiger partial charge in [-0.25, -0.2) is 0 Å². The number of fused-ring (bicyclic) bond motifs is 16. The summed E-state index contributed by atoms with van der Waals surface area (Å²) in [6.45, 7) is -0.571. The zero-order chi connectivity index (χ0) is 78.3. The summed E-state index contributed by atoms with van der Waals surface area (Å²) >= 11 is 0. The first-order valence-corrected chi connectivity index (χ1v) is 36.7. The van der Waals surface area contributed by atoms with Crippen molar-refractivity contribution in [3.63, 3.8) is 0 Å². The fraction of sp³-hybridized carbons (Fsp3) is 0. The van der Waals surface area contributed by atoms with Gasteiger partial charge in [-0.2, -0.15) is 0 Å². The third-order valence-corrected chi connectivity index (χ3v) is 22.4. The normalized spacial score (nSPS) is 13.6. The monoisotopic (exact) mass is 1400 g/mol. The van der Waals surface area contributed by atoms with Gasteiger partial charge in [0.25, 0.3) is 6.71 Å². The van der Waals surface area contributed by atoms with E-state index in [1.807, 2.05) is 66.7 Å². The lowest BCUT2D eigenvalue weighted by Gasteiger charge is -2.46. The zero-order valence-corrected chi connectivity index (χ0v) is 58.3. The Balaban J connectivity index is 0.908. The van der Waals surface area contributed by atoms with Gasteiger partial charge in [0.2, 0.25) is 0 Å². The molecule has 0 radical (unpaired) electrons. The van der Waals surface area contributed by atoms with Gasteiger partial charge in [-0.15, -0.1) is 0 Å². The first-order valence-electron chi connectivity index (χ1n) is 40.7. The first-order chi connectivity index (χ1) is 57.4. The summed E-state index contributed by atoms with van der Waals surface area (Å²) in [4.78, 5) is 4.95. The standard InChI is InChI=1S/C102H62BN3O3/c1-5-25-63(26-6-1)73-38-23-39-74(64-27-7-2-8-28-64)100(73)105-90-59-68(67-48-53-97-83(55-67)79-35-15-20-44-94(79)107-97)47-51-86(90)103-87-52-50-72(104-88-42-18-13-33-77(88)78-34-14-19-43-89(78)104)62-91(87)106(101-75(65-29-9-3-10-30-65)40-24-41-76(101)66-31-11-4-12-32-66)93-61-71(60-92(105)99(93)103)70-57-82(102-85(58-70)81-37-17-22-46-96(81)109-102)69-49-54-98-84(56-69)80-36-16-21-45-95(80)108-98/h1-62H/i13D,14D,18D,19D,33D,34D,42D,43D. The number of para-hydroxylation sites is 7. The Labute approximate surface area is 639 Å². The fourth-order valence-corrected chi connectivity index (χ4v) is 17.6. The van der Waals surface area contributed by atoms with Crippen molar-refractivity contribution in [2.45, 2.75) is 0 Å². The van der Waals surface area contributed by atoms with E-state index < -0.39 is 55.1 Å². The Morgan fingerprint density at radius 1 is 0.248 bits per heavy atom. The second-order valence-electron chi connectivity index (χ2n) is 28.3. The van der Waals surface area contributed by atoms with E-state index in [0.29, 0.717) is 11.4 Å². The average molecular weight is 1400 g/mol. The Bertz CT molecular complexity index is 7640. The van der Waals surface area contributed by atoms with Gasteiger partial charge in [0.05, 0.1) is 33.4 Å². The lowest BCUT2D eigenvalue weighted by molar-refractivity contribution is 0.668. The molecule has 17 aromatic carbocycles. The van der Waals surface area contributed by atoms with Crippen molar-refractivity contribution < 1.29 is 24.2 Å². The van der Waals surface area contributed by atoms with Crippen LogP contribution in [0.5, 0.6) is 0 Å². The van der Waals surface area contributed by atoms with Gasteiger partial charge in [0.15, 0.2) is 0 Å². The van der Waals surface area contributed by atoms with Crippen LogP contribution in [-0.4, -0.2) is 11.3 Å². The highest BCUT2D eigenvalue weighted by Gasteiger charge is 2.46. The van der Waals surface area contributed by atoms with Crippen LogP contribution in [0.2, 0.25) is 0 Å². The number of hydrogen-bond acceptors (Lipinski definition) is 5. The molecule has 109 heavy (non-hydrogen) atoms. The smallest absolute Gasteiger partial charge is 0.252 e. The molecule has 4 aromatic heterocycles. The van der Waals surface area contributed by atoms with Crippen molar-refractivity contribution in [3.8, 4) is 83.6 Å².